The smallest absolute Gasteiger partial charge is 0.0467 e. The second-order valence-corrected chi connectivity index (χ2v) is 5.31. The van der Waals surface area contributed by atoms with E-state index in [0.717, 1.165) is 0 Å². The maximum Gasteiger partial charge on any atom is 0.0467 e. The lowest BCUT2D eigenvalue weighted by Crippen LogP contribution is -2.43. The van der Waals surface area contributed by atoms with Gasteiger partial charge >= 0.3 is 0 Å². The highest BCUT2D eigenvalue weighted by Crippen LogP contribution is 2.49. The third-order valence-corrected chi connectivity index (χ3v) is 4.51. The molecule has 82 valence electrons. The minimum atomic E-state index is 0.299. The number of hydrogen-bond acceptors (Lipinski definition) is 0. The average molecular weight is 231 g/mol. The number of benzene rings is 1. The van der Waals surface area contributed by atoms with Crippen LogP contribution >= 0.6 is 11.6 Å². The molecular weight excluding hydrogens is 216 g/mol. The molecule has 0 N–H and O–H groups in total. The molecule has 0 aliphatic heterocycles. The van der Waals surface area contributed by atoms with Crippen LogP contribution in [-0.4, -0.2) is 5.38 Å². The SMILES string of the molecule is CC1C2C=CC(c3ccccc3)=CC1C2Cl. The molecule has 3 aliphatic carbocycles. The van der Waals surface area contributed by atoms with Gasteiger partial charge in [-0.25, -0.2) is 0 Å². The van der Waals surface area contributed by atoms with E-state index in [4.69, 9.17) is 11.6 Å². The molecule has 4 rings (SSSR count). The van der Waals surface area contributed by atoms with Gasteiger partial charge in [-0.2, -0.15) is 0 Å². The zero-order chi connectivity index (χ0) is 11.1. The first-order valence-electron chi connectivity index (χ1n) is 5.87. The minimum absolute atomic E-state index is 0.299. The quantitative estimate of drug-likeness (QED) is 0.637. The van der Waals surface area contributed by atoms with Crippen LogP contribution < -0.4 is 0 Å². The maximum absolute atomic E-state index is 6.37. The van der Waals surface area contributed by atoms with Crippen molar-refractivity contribution in [1.29, 1.82) is 0 Å². The van der Waals surface area contributed by atoms with Crippen LogP contribution in [0.25, 0.3) is 5.57 Å². The summed E-state index contributed by atoms with van der Waals surface area (Å²) in [5.74, 6) is 1.79. The molecule has 0 spiro atoms. The van der Waals surface area contributed by atoms with E-state index in [2.05, 4.69) is 55.5 Å². The molecule has 16 heavy (non-hydrogen) atoms. The molecule has 0 nitrogen and oxygen atoms in total. The van der Waals surface area contributed by atoms with E-state index in [0.29, 0.717) is 23.1 Å². The molecule has 1 aromatic rings. The van der Waals surface area contributed by atoms with Gasteiger partial charge in [0.05, 0.1) is 0 Å². The monoisotopic (exact) mass is 230 g/mol. The van der Waals surface area contributed by atoms with Gasteiger partial charge in [-0.05, 0) is 28.9 Å². The molecule has 3 aliphatic rings. The van der Waals surface area contributed by atoms with Crippen LogP contribution in [-0.2, 0) is 0 Å². The van der Waals surface area contributed by atoms with Crippen molar-refractivity contribution in [2.24, 2.45) is 17.8 Å². The summed E-state index contributed by atoms with van der Waals surface area (Å²) < 4.78 is 0. The Balaban J connectivity index is 1.99. The first-order chi connectivity index (χ1) is 7.77. The van der Waals surface area contributed by atoms with Crippen LogP contribution in [0.5, 0.6) is 0 Å². The first kappa shape index (κ1) is 10.2. The van der Waals surface area contributed by atoms with Crippen molar-refractivity contribution in [1.82, 2.24) is 0 Å². The van der Waals surface area contributed by atoms with Crippen LogP contribution in [0.2, 0.25) is 0 Å². The van der Waals surface area contributed by atoms with Crippen LogP contribution in [0.4, 0.5) is 0 Å². The van der Waals surface area contributed by atoms with Crippen molar-refractivity contribution in [3.63, 3.8) is 0 Å². The second-order valence-electron chi connectivity index (χ2n) is 4.81. The Kier molecular flexibility index (Phi) is 2.40. The van der Waals surface area contributed by atoms with Gasteiger partial charge in [0.25, 0.3) is 0 Å². The fraction of sp³-hybridized carbons (Fsp3) is 0.333. The van der Waals surface area contributed by atoms with Crippen LogP contribution in [0.15, 0.2) is 48.6 Å². The van der Waals surface area contributed by atoms with Crippen molar-refractivity contribution in [2.75, 3.05) is 0 Å². The average Bonchev–Trinajstić information content (AvgIpc) is 2.62. The Labute approximate surface area is 102 Å². The summed E-state index contributed by atoms with van der Waals surface area (Å²) in [6.45, 7) is 2.29. The zero-order valence-electron chi connectivity index (χ0n) is 9.31. The number of hydrogen-bond donors (Lipinski definition) is 0. The largest absolute Gasteiger partial charge is 0.122 e. The first-order valence-corrected chi connectivity index (χ1v) is 6.30. The van der Waals surface area contributed by atoms with Gasteiger partial charge in [-0.3, -0.25) is 0 Å². The molecule has 0 radical (unpaired) electrons. The number of halogens is 1. The molecule has 0 heterocycles. The Morgan fingerprint density at radius 1 is 1.06 bits per heavy atom. The normalized spacial score (nSPS) is 36.2. The van der Waals surface area contributed by atoms with Gasteiger partial charge in [0.2, 0.25) is 0 Å². The molecule has 1 heteroatoms. The van der Waals surface area contributed by atoms with Crippen molar-refractivity contribution < 1.29 is 0 Å². The van der Waals surface area contributed by atoms with E-state index in [1.54, 1.807) is 0 Å². The number of fused-ring (bicyclic) bond motifs is 1. The summed E-state index contributed by atoms with van der Waals surface area (Å²) in [4.78, 5) is 0. The lowest BCUT2D eigenvalue weighted by Gasteiger charge is -2.44. The van der Waals surface area contributed by atoms with Crippen molar-refractivity contribution in [3.8, 4) is 0 Å². The Morgan fingerprint density at radius 3 is 2.50 bits per heavy atom. The van der Waals surface area contributed by atoms with Gasteiger partial charge in [0.1, 0.15) is 0 Å². The fourth-order valence-corrected chi connectivity index (χ4v) is 3.39. The molecule has 1 aromatic carbocycles. The van der Waals surface area contributed by atoms with E-state index in [1.165, 1.54) is 11.1 Å². The molecule has 4 unspecified atom stereocenters. The van der Waals surface area contributed by atoms with E-state index in [9.17, 15) is 0 Å². The lowest BCUT2D eigenvalue weighted by atomic mass is 9.66. The summed E-state index contributed by atoms with van der Waals surface area (Å²) >= 11 is 6.37. The highest BCUT2D eigenvalue weighted by atomic mass is 35.5. The van der Waals surface area contributed by atoms with Crippen molar-refractivity contribution in [2.45, 2.75) is 12.3 Å². The van der Waals surface area contributed by atoms with E-state index < -0.39 is 0 Å². The third-order valence-electron chi connectivity index (χ3n) is 3.93. The summed E-state index contributed by atoms with van der Waals surface area (Å²) in [6.07, 6.45) is 6.86. The van der Waals surface area contributed by atoms with Crippen molar-refractivity contribution in [3.05, 3.63) is 54.1 Å². The molecule has 1 saturated carbocycles. The number of alkyl halides is 1. The van der Waals surface area contributed by atoms with Gasteiger partial charge in [-0.15, -0.1) is 11.6 Å². The molecule has 0 amide bonds. The van der Waals surface area contributed by atoms with E-state index >= 15 is 0 Å². The van der Waals surface area contributed by atoms with Crippen LogP contribution in [0, 0.1) is 17.8 Å². The molecule has 0 aromatic heterocycles. The van der Waals surface area contributed by atoms with Crippen LogP contribution in [0.1, 0.15) is 12.5 Å². The Bertz CT molecular complexity index is 434. The summed E-state index contributed by atoms with van der Waals surface area (Å²) in [6, 6.07) is 10.5. The molecule has 0 saturated heterocycles. The van der Waals surface area contributed by atoms with Gasteiger partial charge < -0.3 is 0 Å². The second kappa shape index (κ2) is 3.78. The predicted octanol–water partition coefficient (Wildman–Crippen LogP) is 4.13. The maximum atomic E-state index is 6.37. The van der Waals surface area contributed by atoms with Crippen molar-refractivity contribution >= 4 is 17.2 Å². The molecule has 2 bridgehead atoms. The standard InChI is InChI=1S/C15H15Cl/c1-10-13-8-7-12(9-14(10)15(13)16)11-5-3-2-4-6-11/h2-10,13-15H,1H3. The zero-order valence-corrected chi connectivity index (χ0v) is 10.1. The lowest BCUT2D eigenvalue weighted by molar-refractivity contribution is 0.183. The molecule has 1 fully saturated rings. The Morgan fingerprint density at radius 2 is 1.81 bits per heavy atom. The minimum Gasteiger partial charge on any atom is -0.122 e. The van der Waals surface area contributed by atoms with E-state index in [-0.39, 0.29) is 0 Å². The third kappa shape index (κ3) is 1.44. The van der Waals surface area contributed by atoms with Gasteiger partial charge in [0, 0.05) is 5.38 Å². The Hall–Kier alpha value is -1.01. The predicted molar refractivity (Wildman–Crippen MR) is 69.3 cm³/mol. The van der Waals surface area contributed by atoms with Gasteiger partial charge in [-0.1, -0.05) is 55.5 Å². The van der Waals surface area contributed by atoms with Crippen LogP contribution in [0.3, 0.4) is 0 Å². The number of rotatable bonds is 1. The summed E-state index contributed by atoms with van der Waals surface area (Å²) in [5, 5.41) is 0.299. The van der Waals surface area contributed by atoms with Gasteiger partial charge in [0.15, 0.2) is 0 Å². The fourth-order valence-electron chi connectivity index (χ4n) is 2.77. The van der Waals surface area contributed by atoms with E-state index in [1.807, 2.05) is 0 Å². The molecular formula is C15H15Cl. The topological polar surface area (TPSA) is 0 Å². The highest BCUT2D eigenvalue weighted by Gasteiger charge is 2.45. The number of allylic oxidation sites excluding steroid dienone is 4. The summed E-state index contributed by atoms with van der Waals surface area (Å²) in [7, 11) is 0. The summed E-state index contributed by atoms with van der Waals surface area (Å²) in [5.41, 5.74) is 2.62. The molecule has 4 atom stereocenters. The highest BCUT2D eigenvalue weighted by molar-refractivity contribution is 6.22.